The van der Waals surface area contributed by atoms with Gasteiger partial charge in [-0.1, -0.05) is 91.0 Å². The van der Waals surface area contributed by atoms with Crippen molar-refractivity contribution in [2.75, 3.05) is 19.0 Å². The summed E-state index contributed by atoms with van der Waals surface area (Å²) in [5.41, 5.74) is 5.39. The van der Waals surface area contributed by atoms with E-state index in [2.05, 4.69) is 18.2 Å². The van der Waals surface area contributed by atoms with Gasteiger partial charge in [-0.15, -0.1) is 0 Å². The number of rotatable bonds is 6. The average molecular weight is 473 g/mol. The van der Waals surface area contributed by atoms with Crippen molar-refractivity contribution in [2.45, 2.75) is 6.16 Å². The highest BCUT2D eigenvalue weighted by molar-refractivity contribution is 7.78. The van der Waals surface area contributed by atoms with Gasteiger partial charge in [-0.3, -0.25) is 4.57 Å². The molecule has 0 aliphatic carbocycles. The van der Waals surface area contributed by atoms with Gasteiger partial charge >= 0.3 is 0 Å². The maximum Gasteiger partial charge on any atom is 0.248 e. The van der Waals surface area contributed by atoms with Gasteiger partial charge < -0.3 is 4.52 Å². The molecule has 0 bridgehead atoms. The largest absolute Gasteiger partial charge is 0.442 e. The molecule has 0 saturated heterocycles. The molecule has 1 aliphatic heterocycles. The Bertz CT molecular complexity index is 1340. The normalized spacial score (nSPS) is 18.6. The highest BCUT2D eigenvalue weighted by atomic mass is 31.2. The third-order valence-corrected chi connectivity index (χ3v) is 11.3. The van der Waals surface area contributed by atoms with E-state index < -0.39 is 14.9 Å². The van der Waals surface area contributed by atoms with Gasteiger partial charge in [0.05, 0.1) is 6.16 Å². The minimum atomic E-state index is -3.00. The van der Waals surface area contributed by atoms with E-state index in [1.165, 1.54) is 5.56 Å². The SMILES string of the molecule is C[P@@](=O)(CC[P+]1(O)Cc2ccccc2-c2ccccc21)Oc1ccccc1-c1ccccc1. The first kappa shape index (κ1) is 22.1. The molecule has 0 aromatic heterocycles. The number of hydrogen-bond acceptors (Lipinski definition) is 3. The van der Waals surface area contributed by atoms with Gasteiger partial charge in [0.25, 0.3) is 0 Å². The van der Waals surface area contributed by atoms with Crippen molar-refractivity contribution >= 4 is 20.2 Å². The summed E-state index contributed by atoms with van der Waals surface area (Å²) in [6.45, 7) is 1.69. The summed E-state index contributed by atoms with van der Waals surface area (Å²) in [5.74, 6) is 0.620. The molecule has 1 N–H and O–H groups in total. The van der Waals surface area contributed by atoms with Crippen molar-refractivity contribution in [1.29, 1.82) is 0 Å². The summed E-state index contributed by atoms with van der Waals surface area (Å²) in [6, 6.07) is 34.1. The fourth-order valence-electron chi connectivity index (χ4n) is 4.55. The van der Waals surface area contributed by atoms with Gasteiger partial charge in [0.15, 0.2) is 7.49 Å². The van der Waals surface area contributed by atoms with Gasteiger partial charge in [-0.05, 0) is 28.8 Å². The zero-order valence-electron chi connectivity index (χ0n) is 18.6. The van der Waals surface area contributed by atoms with E-state index in [1.54, 1.807) is 6.66 Å². The van der Waals surface area contributed by atoms with Gasteiger partial charge in [-0.2, -0.15) is 0 Å². The standard InChI is InChI=1S/C28H27O3P2/c1-32(29,31-27-17-9-7-15-25(27)22-11-3-2-4-12-22)19-20-33(30)21-23-13-5-6-14-24(23)26-16-8-10-18-28(26)33/h2-18,30H,19-21H2,1H3/q+1/t32-,33?/m0/s1. The van der Waals surface area contributed by atoms with Crippen LogP contribution in [0.25, 0.3) is 22.3 Å². The van der Waals surface area contributed by atoms with E-state index in [4.69, 9.17) is 4.52 Å². The molecular formula is C28H27O3P2+. The lowest BCUT2D eigenvalue weighted by molar-refractivity contribution is 0.489. The van der Waals surface area contributed by atoms with E-state index in [0.717, 1.165) is 27.6 Å². The lowest BCUT2D eigenvalue weighted by atomic mass is 10.0. The maximum absolute atomic E-state index is 13.6. The molecule has 0 radical (unpaired) electrons. The van der Waals surface area contributed by atoms with E-state index in [1.807, 2.05) is 84.9 Å². The Kier molecular flexibility index (Phi) is 5.97. The van der Waals surface area contributed by atoms with Crippen LogP contribution in [0.4, 0.5) is 0 Å². The van der Waals surface area contributed by atoms with E-state index >= 15 is 0 Å². The highest BCUT2D eigenvalue weighted by Crippen LogP contribution is 2.63. The zero-order valence-corrected chi connectivity index (χ0v) is 20.4. The smallest absolute Gasteiger partial charge is 0.248 e. The third-order valence-electron chi connectivity index (χ3n) is 6.23. The fourth-order valence-corrected chi connectivity index (χ4v) is 10.4. The van der Waals surface area contributed by atoms with E-state index in [9.17, 15) is 9.46 Å². The molecule has 0 spiro atoms. The first-order valence-corrected chi connectivity index (χ1v) is 15.5. The second kappa shape index (κ2) is 8.92. The van der Waals surface area contributed by atoms with Gasteiger partial charge in [0, 0.05) is 17.8 Å². The quantitative estimate of drug-likeness (QED) is 0.305. The second-order valence-electron chi connectivity index (χ2n) is 8.67. The monoisotopic (exact) mass is 473 g/mol. The molecule has 5 heteroatoms. The average Bonchev–Trinajstić information content (AvgIpc) is 2.84. The van der Waals surface area contributed by atoms with Crippen LogP contribution in [0, 0.1) is 0 Å². The molecule has 1 aliphatic rings. The Hall–Kier alpha value is -2.70. The molecule has 0 fully saturated rings. The van der Waals surface area contributed by atoms with Crippen LogP contribution in [0.3, 0.4) is 0 Å². The zero-order chi connectivity index (χ0) is 22.9. The minimum Gasteiger partial charge on any atom is -0.442 e. The van der Waals surface area contributed by atoms with Crippen LogP contribution >= 0.6 is 14.9 Å². The molecule has 33 heavy (non-hydrogen) atoms. The summed E-state index contributed by atoms with van der Waals surface area (Å²) >= 11 is 0. The van der Waals surface area contributed by atoms with E-state index in [0.29, 0.717) is 24.2 Å². The molecule has 0 saturated carbocycles. The number of fused-ring (bicyclic) bond motifs is 3. The first-order chi connectivity index (χ1) is 16.0. The fraction of sp³-hybridized carbons (Fsp3) is 0.143. The van der Waals surface area contributed by atoms with Crippen LogP contribution in [-0.2, 0) is 10.7 Å². The molecule has 166 valence electrons. The molecule has 3 nitrogen and oxygen atoms in total. The van der Waals surface area contributed by atoms with Gasteiger partial charge in [0.1, 0.15) is 23.4 Å². The summed E-state index contributed by atoms with van der Waals surface area (Å²) in [5, 5.41) is 1.01. The number of hydrogen-bond donors (Lipinski definition) is 1. The van der Waals surface area contributed by atoms with Crippen LogP contribution in [0.15, 0.2) is 103 Å². The lowest BCUT2D eigenvalue weighted by Crippen LogP contribution is -2.24. The molecule has 4 aromatic carbocycles. The van der Waals surface area contributed by atoms with Gasteiger partial charge in [-0.25, -0.2) is 4.89 Å². The van der Waals surface area contributed by atoms with Crippen LogP contribution in [0.2, 0.25) is 0 Å². The minimum absolute atomic E-state index is 0.330. The molecule has 0 amide bonds. The molecular weight excluding hydrogens is 446 g/mol. The third kappa shape index (κ3) is 4.55. The molecule has 4 aromatic rings. The van der Waals surface area contributed by atoms with Gasteiger partial charge in [0.2, 0.25) is 7.37 Å². The van der Waals surface area contributed by atoms with Crippen molar-refractivity contribution in [1.82, 2.24) is 0 Å². The van der Waals surface area contributed by atoms with Crippen molar-refractivity contribution in [3.63, 3.8) is 0 Å². The summed E-state index contributed by atoms with van der Waals surface area (Å²) in [4.78, 5) is 11.9. The second-order valence-corrected chi connectivity index (χ2v) is 14.4. The Morgan fingerprint density at radius 2 is 1.39 bits per heavy atom. The Morgan fingerprint density at radius 1 is 0.788 bits per heavy atom. The number of para-hydroxylation sites is 1. The van der Waals surface area contributed by atoms with Crippen LogP contribution in [-0.4, -0.2) is 23.9 Å². The predicted molar refractivity (Wildman–Crippen MR) is 140 cm³/mol. The topological polar surface area (TPSA) is 46.5 Å². The Balaban J connectivity index is 1.40. The van der Waals surface area contributed by atoms with Crippen molar-refractivity contribution < 1.29 is 14.0 Å². The van der Waals surface area contributed by atoms with Crippen LogP contribution in [0.1, 0.15) is 5.56 Å². The maximum atomic E-state index is 13.6. The molecule has 1 heterocycles. The highest BCUT2D eigenvalue weighted by Gasteiger charge is 2.46. The molecule has 2 atom stereocenters. The van der Waals surface area contributed by atoms with Crippen LogP contribution in [0.5, 0.6) is 5.75 Å². The van der Waals surface area contributed by atoms with E-state index in [-0.39, 0.29) is 0 Å². The van der Waals surface area contributed by atoms with Crippen molar-refractivity contribution in [3.8, 4) is 28.0 Å². The number of benzene rings is 4. The molecule has 5 rings (SSSR count). The summed E-state index contributed by atoms with van der Waals surface area (Å²) < 4.78 is 19.7. The lowest BCUT2D eigenvalue weighted by Gasteiger charge is -2.29. The predicted octanol–water partition coefficient (Wildman–Crippen LogP) is 7.07. The summed E-state index contributed by atoms with van der Waals surface area (Å²) in [7, 11) is -5.51. The van der Waals surface area contributed by atoms with Crippen molar-refractivity contribution in [3.05, 3.63) is 109 Å². The Labute approximate surface area is 196 Å². The first-order valence-electron chi connectivity index (χ1n) is 11.1. The summed E-state index contributed by atoms with van der Waals surface area (Å²) in [6.07, 6.45) is 1.41. The van der Waals surface area contributed by atoms with Crippen molar-refractivity contribution in [2.24, 2.45) is 0 Å². The Morgan fingerprint density at radius 3 is 2.18 bits per heavy atom. The molecule has 1 unspecified atom stereocenters. The van der Waals surface area contributed by atoms with Crippen LogP contribution < -0.4 is 9.83 Å².